The predicted molar refractivity (Wildman–Crippen MR) is 152 cm³/mol. The summed E-state index contributed by atoms with van der Waals surface area (Å²) in [5.74, 6) is -0.627. The molecule has 5 nitrogen and oxygen atoms in total. The molecule has 0 aromatic heterocycles. The lowest BCUT2D eigenvalue weighted by Crippen LogP contribution is -2.44. The van der Waals surface area contributed by atoms with Crippen LogP contribution in [0, 0.1) is 7.14 Å². The normalized spacial score (nSPS) is 27.9. The van der Waals surface area contributed by atoms with Gasteiger partial charge in [0.2, 0.25) is 0 Å². The zero-order valence-corrected chi connectivity index (χ0v) is 25.7. The number of fused-ring (bicyclic) bond motifs is 5. The second-order valence-corrected chi connectivity index (χ2v) is 14.0. The lowest BCUT2D eigenvalue weighted by Gasteiger charge is -2.43. The lowest BCUT2D eigenvalue weighted by molar-refractivity contribution is -0.145. The van der Waals surface area contributed by atoms with E-state index < -0.39 is 19.8 Å². The van der Waals surface area contributed by atoms with Crippen molar-refractivity contribution in [2.75, 3.05) is 0 Å². The molecule has 2 N–H and O–H groups in total. The highest BCUT2D eigenvalue weighted by atomic mass is 127. The molecule has 2 heterocycles. The van der Waals surface area contributed by atoms with E-state index in [2.05, 4.69) is 0 Å². The van der Waals surface area contributed by atoms with Gasteiger partial charge in [0.15, 0.2) is 22.8 Å². The van der Waals surface area contributed by atoms with Crippen LogP contribution in [0.15, 0.2) is 39.4 Å². The first kappa shape index (κ1) is 25.1. The Labute approximate surface area is 252 Å². The summed E-state index contributed by atoms with van der Waals surface area (Å²) in [5.41, 5.74) is -0.740. The number of ether oxygens (including phenoxy) is 2. The van der Waals surface area contributed by atoms with Gasteiger partial charge in [0.25, 0.3) is 0 Å². The Hall–Kier alpha value is 0.430. The van der Waals surface area contributed by atoms with Crippen LogP contribution in [-0.2, 0) is 15.1 Å². The molecule has 13 heteroatoms. The average molecular weight is 884 g/mol. The maximum absolute atomic E-state index is 13.3. The van der Waals surface area contributed by atoms with Gasteiger partial charge in [-0.2, -0.15) is 0 Å². The van der Waals surface area contributed by atoms with Crippen molar-refractivity contribution in [1.29, 1.82) is 0 Å². The Morgan fingerprint density at radius 1 is 1.03 bits per heavy atom. The van der Waals surface area contributed by atoms with Crippen LogP contribution in [0.2, 0.25) is 5.02 Å². The summed E-state index contributed by atoms with van der Waals surface area (Å²) in [7, 11) is 0. The number of alkyl halides is 3. The van der Waals surface area contributed by atoms with E-state index in [0.717, 1.165) is 0 Å². The van der Waals surface area contributed by atoms with E-state index in [1.165, 1.54) is 12.1 Å². The molecular weight excluding hydrogens is 878 g/mol. The highest BCUT2D eigenvalue weighted by Crippen LogP contribution is 2.67. The van der Waals surface area contributed by atoms with Crippen LogP contribution in [0.3, 0.4) is 0 Å². The van der Waals surface area contributed by atoms with Gasteiger partial charge in [0.05, 0.1) is 33.4 Å². The topological polar surface area (TPSA) is 76.0 Å². The molecular formula is C20H6Cl5I3O5. The Morgan fingerprint density at radius 2 is 1.67 bits per heavy atom. The van der Waals surface area contributed by atoms with Crippen LogP contribution in [0.25, 0.3) is 0 Å². The Bertz CT molecular complexity index is 1370. The number of phenolic OH excluding ortho intramolecular Hbond substituents is 2. The lowest BCUT2D eigenvalue weighted by atomic mass is 9.74. The van der Waals surface area contributed by atoms with Crippen LogP contribution < -0.4 is 4.74 Å². The SMILES string of the molecule is O=C1OC2(C3=C1C(Cl)=C(Cl)C(Cl)C3(Cl)I)c1ccc(O)c(I)c1Oc1c2cc(Cl)c(O)c1I. The summed E-state index contributed by atoms with van der Waals surface area (Å²) in [6.45, 7) is 0. The second-order valence-electron chi connectivity index (χ2n) is 7.24. The molecule has 33 heavy (non-hydrogen) atoms. The number of allylic oxidation sites excluding steroid dienone is 1. The van der Waals surface area contributed by atoms with Crippen molar-refractivity contribution in [3.8, 4) is 23.0 Å². The van der Waals surface area contributed by atoms with E-state index in [1.54, 1.807) is 6.07 Å². The molecule has 0 amide bonds. The summed E-state index contributed by atoms with van der Waals surface area (Å²) < 4.78 is 11.4. The molecule has 172 valence electrons. The summed E-state index contributed by atoms with van der Waals surface area (Å²) in [6, 6.07) is 4.46. The molecule has 3 aliphatic rings. The average Bonchev–Trinajstić information content (AvgIpc) is 3.07. The number of rotatable bonds is 0. The van der Waals surface area contributed by atoms with E-state index in [0.29, 0.717) is 14.7 Å². The molecule has 1 aliphatic carbocycles. The van der Waals surface area contributed by atoms with Crippen molar-refractivity contribution in [3.63, 3.8) is 0 Å². The minimum absolute atomic E-state index is 0.00897. The quantitative estimate of drug-likeness (QED) is 0.160. The fourth-order valence-corrected chi connectivity index (χ4v) is 8.12. The Kier molecular flexibility index (Phi) is 6.25. The Balaban J connectivity index is 2.01. The fraction of sp³-hybridized carbons (Fsp3) is 0.150. The number of esters is 1. The molecule has 0 saturated carbocycles. The van der Waals surface area contributed by atoms with Gasteiger partial charge in [-0.3, -0.25) is 0 Å². The Morgan fingerprint density at radius 3 is 2.33 bits per heavy atom. The first-order valence-electron chi connectivity index (χ1n) is 8.82. The largest absolute Gasteiger partial charge is 0.507 e. The second kappa shape index (κ2) is 8.22. The minimum atomic E-state index is -1.67. The third-order valence-corrected chi connectivity index (χ3v) is 11.5. The number of aromatic hydroxyl groups is 2. The monoisotopic (exact) mass is 882 g/mol. The number of hydrogen-bond donors (Lipinski definition) is 2. The number of halogens is 8. The molecule has 3 unspecified atom stereocenters. The maximum Gasteiger partial charge on any atom is 0.341 e. The molecule has 2 aromatic rings. The van der Waals surface area contributed by atoms with Gasteiger partial charge in [-0.25, -0.2) is 4.79 Å². The van der Waals surface area contributed by atoms with Crippen molar-refractivity contribution in [3.05, 3.63) is 62.7 Å². The van der Waals surface area contributed by atoms with Gasteiger partial charge < -0.3 is 19.7 Å². The molecule has 0 fully saturated rings. The standard InChI is InChI=1S/C20H6Cl5I3O5/c21-6-3-5-15(12(27)13(6)30)32-14-4(1-2-7(29)11(14)26)19(5)16-8(18(31)33-19)9(22)10(23)17(24)20(16,25)28/h1-3,17,29-30H. The molecule has 1 spiro atoms. The molecule has 5 rings (SSSR count). The van der Waals surface area contributed by atoms with E-state index in [9.17, 15) is 15.0 Å². The predicted octanol–water partition coefficient (Wildman–Crippen LogP) is 7.84. The van der Waals surface area contributed by atoms with Crippen molar-refractivity contribution < 1.29 is 24.5 Å². The van der Waals surface area contributed by atoms with E-state index in [1.807, 2.05) is 67.8 Å². The van der Waals surface area contributed by atoms with Gasteiger partial charge in [-0.1, -0.05) is 57.4 Å². The van der Waals surface area contributed by atoms with Gasteiger partial charge in [0, 0.05) is 11.1 Å². The van der Waals surface area contributed by atoms with E-state index >= 15 is 0 Å². The summed E-state index contributed by atoms with van der Waals surface area (Å²) in [4.78, 5) is 13.3. The molecule has 2 aliphatic heterocycles. The molecule has 2 aromatic carbocycles. The van der Waals surface area contributed by atoms with Crippen LogP contribution in [0.5, 0.6) is 23.0 Å². The van der Waals surface area contributed by atoms with Crippen molar-refractivity contribution in [2.45, 2.75) is 13.9 Å². The van der Waals surface area contributed by atoms with Crippen molar-refractivity contribution >= 4 is 132 Å². The zero-order valence-electron chi connectivity index (χ0n) is 15.5. The summed E-state index contributed by atoms with van der Waals surface area (Å²) in [6.07, 6.45) is 0. The number of hydrogen-bond acceptors (Lipinski definition) is 5. The van der Waals surface area contributed by atoms with Crippen molar-refractivity contribution in [2.24, 2.45) is 0 Å². The van der Waals surface area contributed by atoms with Crippen LogP contribution in [0.1, 0.15) is 11.1 Å². The molecule has 0 bridgehead atoms. The fourth-order valence-electron chi connectivity index (χ4n) is 4.14. The first-order valence-corrected chi connectivity index (χ1v) is 14.0. The number of carbonyl (C=O) groups is 1. The van der Waals surface area contributed by atoms with Gasteiger partial charge in [0.1, 0.15) is 14.0 Å². The van der Waals surface area contributed by atoms with Gasteiger partial charge >= 0.3 is 5.97 Å². The molecule has 0 radical (unpaired) electrons. The number of phenols is 2. The van der Waals surface area contributed by atoms with Crippen LogP contribution in [0.4, 0.5) is 0 Å². The smallest absolute Gasteiger partial charge is 0.341 e. The number of benzene rings is 2. The summed E-state index contributed by atoms with van der Waals surface area (Å²) >= 11 is 38.5. The highest BCUT2D eigenvalue weighted by Gasteiger charge is 2.65. The van der Waals surface area contributed by atoms with Crippen LogP contribution in [-0.4, -0.2) is 24.4 Å². The molecule has 0 saturated heterocycles. The third-order valence-electron chi connectivity index (χ3n) is 5.54. The minimum Gasteiger partial charge on any atom is -0.507 e. The van der Waals surface area contributed by atoms with Crippen molar-refractivity contribution in [1.82, 2.24) is 0 Å². The van der Waals surface area contributed by atoms with Gasteiger partial charge in [-0.05, 0) is 63.4 Å². The zero-order chi connectivity index (χ0) is 24.2. The van der Waals surface area contributed by atoms with E-state index in [-0.39, 0.29) is 52.8 Å². The van der Waals surface area contributed by atoms with Gasteiger partial charge in [-0.15, -0.1) is 23.2 Å². The highest BCUT2D eigenvalue weighted by molar-refractivity contribution is 14.1. The molecule has 3 atom stereocenters. The van der Waals surface area contributed by atoms with E-state index in [4.69, 9.17) is 67.5 Å². The summed E-state index contributed by atoms with van der Waals surface area (Å²) in [5, 5.41) is 19.8. The number of carbonyl (C=O) groups excluding carboxylic acids is 1. The maximum atomic E-state index is 13.3. The van der Waals surface area contributed by atoms with Crippen LogP contribution >= 0.6 is 126 Å². The first-order chi connectivity index (χ1) is 15.4. The third kappa shape index (κ3) is 3.23.